The van der Waals surface area contributed by atoms with Crippen LogP contribution in [0.15, 0.2) is 24.3 Å². The van der Waals surface area contributed by atoms with Gasteiger partial charge in [0.25, 0.3) is 0 Å². The van der Waals surface area contributed by atoms with Crippen LogP contribution in [0, 0.1) is 17.8 Å². The minimum atomic E-state index is -0.979. The van der Waals surface area contributed by atoms with Crippen LogP contribution in [-0.4, -0.2) is 36.2 Å². The van der Waals surface area contributed by atoms with Gasteiger partial charge < -0.3 is 20.9 Å². The lowest BCUT2D eigenvalue weighted by atomic mass is 9.65. The number of nitrogens with one attached hydrogen (secondary N) is 1. The summed E-state index contributed by atoms with van der Waals surface area (Å²) in [6, 6.07) is 6.64. The van der Waals surface area contributed by atoms with Gasteiger partial charge in [-0.15, -0.1) is 0 Å². The van der Waals surface area contributed by atoms with E-state index in [9.17, 15) is 14.7 Å². The number of hydrogen-bond acceptors (Lipinski definition) is 4. The van der Waals surface area contributed by atoms with Gasteiger partial charge in [-0.3, -0.25) is 4.79 Å². The first-order valence-electron chi connectivity index (χ1n) is 12.5. The van der Waals surface area contributed by atoms with Crippen molar-refractivity contribution >= 4 is 11.9 Å². The average molecular weight is 445 g/mol. The minimum Gasteiger partial charge on any atom is -0.494 e. The van der Waals surface area contributed by atoms with Crippen molar-refractivity contribution in [2.24, 2.45) is 23.5 Å². The van der Waals surface area contributed by atoms with Gasteiger partial charge in [0.2, 0.25) is 5.91 Å². The first-order chi connectivity index (χ1) is 15.6. The van der Waals surface area contributed by atoms with Crippen molar-refractivity contribution in [1.29, 1.82) is 0 Å². The third-order valence-electron chi connectivity index (χ3n) is 7.26. The Morgan fingerprint density at radius 3 is 2.47 bits per heavy atom. The molecule has 2 fully saturated rings. The summed E-state index contributed by atoms with van der Waals surface area (Å²) in [6.45, 7) is 1.41. The fourth-order valence-electron chi connectivity index (χ4n) is 5.49. The van der Waals surface area contributed by atoms with Crippen molar-refractivity contribution < 1.29 is 19.4 Å². The number of unbranched alkanes of at least 4 members (excludes halogenated alkanes) is 3. The molecule has 0 aromatic heterocycles. The molecular weight excluding hydrogens is 404 g/mol. The maximum Gasteiger partial charge on any atom is 0.326 e. The van der Waals surface area contributed by atoms with Crippen LogP contribution < -0.4 is 15.8 Å². The molecule has 0 spiro atoms. The SMILES string of the molecule is NCCCCCCOc1ccc(CC(NC(=O)C2CCCC3CCCCC32)C(=O)O)cc1. The molecule has 178 valence electrons. The number of fused-ring (bicyclic) bond motifs is 1. The van der Waals surface area contributed by atoms with Gasteiger partial charge in [-0.25, -0.2) is 4.79 Å². The van der Waals surface area contributed by atoms with Crippen LogP contribution >= 0.6 is 0 Å². The normalized spacial score (nSPS) is 23.7. The lowest BCUT2D eigenvalue weighted by Crippen LogP contribution is -2.48. The lowest BCUT2D eigenvalue weighted by Gasteiger charge is -2.40. The summed E-state index contributed by atoms with van der Waals surface area (Å²) in [5, 5.41) is 12.6. The first kappa shape index (κ1) is 24.6. The van der Waals surface area contributed by atoms with Gasteiger partial charge in [0, 0.05) is 12.3 Å². The Labute approximate surface area is 192 Å². The monoisotopic (exact) mass is 444 g/mol. The number of carboxylic acids is 1. The van der Waals surface area contributed by atoms with E-state index in [1.165, 1.54) is 25.7 Å². The number of ether oxygens (including phenoxy) is 1. The second-order valence-electron chi connectivity index (χ2n) is 9.54. The van der Waals surface area contributed by atoms with E-state index in [1.807, 2.05) is 24.3 Å². The van der Waals surface area contributed by atoms with E-state index in [2.05, 4.69) is 5.32 Å². The average Bonchev–Trinajstić information content (AvgIpc) is 2.81. The molecule has 2 aliphatic rings. The van der Waals surface area contributed by atoms with Gasteiger partial charge in [-0.05, 0) is 61.8 Å². The largest absolute Gasteiger partial charge is 0.494 e. The Morgan fingerprint density at radius 1 is 1.00 bits per heavy atom. The zero-order valence-corrected chi connectivity index (χ0v) is 19.3. The van der Waals surface area contributed by atoms with Crippen LogP contribution in [0.5, 0.6) is 5.75 Å². The van der Waals surface area contributed by atoms with Crippen LogP contribution in [0.25, 0.3) is 0 Å². The zero-order valence-electron chi connectivity index (χ0n) is 19.3. The quantitative estimate of drug-likeness (QED) is 0.417. The van der Waals surface area contributed by atoms with Crippen molar-refractivity contribution in [3.05, 3.63) is 29.8 Å². The predicted molar refractivity (Wildman–Crippen MR) is 126 cm³/mol. The van der Waals surface area contributed by atoms with Crippen molar-refractivity contribution in [2.45, 2.75) is 83.1 Å². The smallest absolute Gasteiger partial charge is 0.326 e. The number of aliphatic carboxylic acids is 1. The molecule has 32 heavy (non-hydrogen) atoms. The summed E-state index contributed by atoms with van der Waals surface area (Å²) in [4.78, 5) is 24.9. The Balaban J connectivity index is 1.49. The summed E-state index contributed by atoms with van der Waals surface area (Å²) < 4.78 is 5.77. The minimum absolute atomic E-state index is 0.0310. The van der Waals surface area contributed by atoms with Gasteiger partial charge in [0.15, 0.2) is 0 Å². The number of hydrogen-bond donors (Lipinski definition) is 3. The van der Waals surface area contributed by atoms with Crippen LogP contribution in [0.2, 0.25) is 0 Å². The molecule has 2 aliphatic carbocycles. The molecule has 6 nitrogen and oxygen atoms in total. The molecule has 0 heterocycles. The summed E-state index contributed by atoms with van der Waals surface area (Å²) in [5.41, 5.74) is 6.38. The third kappa shape index (κ3) is 7.22. The molecular formula is C26H40N2O4. The van der Waals surface area contributed by atoms with E-state index in [4.69, 9.17) is 10.5 Å². The molecule has 4 unspecified atom stereocenters. The topological polar surface area (TPSA) is 102 Å². The second kappa shape index (κ2) is 12.8. The van der Waals surface area contributed by atoms with Gasteiger partial charge in [0.05, 0.1) is 6.61 Å². The molecule has 3 rings (SSSR count). The van der Waals surface area contributed by atoms with Crippen molar-refractivity contribution in [3.8, 4) is 5.75 Å². The van der Waals surface area contributed by atoms with Gasteiger partial charge >= 0.3 is 5.97 Å². The number of benzene rings is 1. The summed E-state index contributed by atoms with van der Waals surface area (Å²) in [7, 11) is 0. The lowest BCUT2D eigenvalue weighted by molar-refractivity contribution is -0.143. The maximum absolute atomic E-state index is 13.0. The highest BCUT2D eigenvalue weighted by Gasteiger charge is 2.39. The molecule has 2 saturated carbocycles. The number of amides is 1. The van der Waals surface area contributed by atoms with Crippen LogP contribution in [-0.2, 0) is 16.0 Å². The highest BCUT2D eigenvalue weighted by Crippen LogP contribution is 2.43. The van der Waals surface area contributed by atoms with Gasteiger partial charge in [-0.1, -0.05) is 57.1 Å². The van der Waals surface area contributed by atoms with Gasteiger partial charge in [0.1, 0.15) is 11.8 Å². The van der Waals surface area contributed by atoms with Crippen LogP contribution in [0.3, 0.4) is 0 Å². The second-order valence-corrected chi connectivity index (χ2v) is 9.54. The molecule has 4 atom stereocenters. The molecule has 6 heteroatoms. The Morgan fingerprint density at radius 2 is 1.72 bits per heavy atom. The number of rotatable bonds is 12. The highest BCUT2D eigenvalue weighted by atomic mass is 16.5. The molecule has 1 aromatic carbocycles. The number of carbonyl (C=O) groups is 2. The summed E-state index contributed by atoms with van der Waals surface area (Å²) >= 11 is 0. The Hall–Kier alpha value is -2.08. The standard InChI is InChI=1S/C26H40N2O4/c27-16-5-1-2-6-17-32-21-14-12-19(13-15-21)18-24(26(30)31)28-25(29)23-11-7-9-20-8-3-4-10-22(20)23/h12-15,20,22-24H,1-11,16-18,27H2,(H,28,29)(H,30,31). The van der Waals surface area contributed by atoms with E-state index in [-0.39, 0.29) is 18.2 Å². The Bertz CT molecular complexity index is 719. The molecule has 0 saturated heterocycles. The number of nitrogens with two attached hydrogens (primary N) is 1. The molecule has 1 aromatic rings. The van der Waals surface area contributed by atoms with E-state index in [0.29, 0.717) is 18.4 Å². The molecule has 1 amide bonds. The third-order valence-corrected chi connectivity index (χ3v) is 7.26. The van der Waals surface area contributed by atoms with E-state index in [1.54, 1.807) is 0 Å². The maximum atomic E-state index is 13.0. The van der Waals surface area contributed by atoms with Crippen LogP contribution in [0.1, 0.15) is 76.2 Å². The van der Waals surface area contributed by atoms with Crippen LogP contribution in [0.4, 0.5) is 0 Å². The number of carboxylic acid groups (broad SMARTS) is 1. The molecule has 0 bridgehead atoms. The van der Waals surface area contributed by atoms with Crippen molar-refractivity contribution in [2.75, 3.05) is 13.2 Å². The molecule has 0 radical (unpaired) electrons. The fraction of sp³-hybridized carbons (Fsp3) is 0.692. The van der Waals surface area contributed by atoms with Crippen molar-refractivity contribution in [1.82, 2.24) is 5.32 Å². The van der Waals surface area contributed by atoms with E-state index in [0.717, 1.165) is 62.8 Å². The highest BCUT2D eigenvalue weighted by molar-refractivity contribution is 5.85. The van der Waals surface area contributed by atoms with E-state index >= 15 is 0 Å². The fourth-order valence-corrected chi connectivity index (χ4v) is 5.49. The molecule has 4 N–H and O–H groups in total. The zero-order chi connectivity index (χ0) is 22.8. The summed E-state index contributed by atoms with van der Waals surface area (Å²) in [5.74, 6) is 0.782. The van der Waals surface area contributed by atoms with Gasteiger partial charge in [-0.2, -0.15) is 0 Å². The van der Waals surface area contributed by atoms with Crippen molar-refractivity contribution in [3.63, 3.8) is 0 Å². The first-order valence-corrected chi connectivity index (χ1v) is 12.5. The predicted octanol–water partition coefficient (Wildman–Crippen LogP) is 4.30. The van der Waals surface area contributed by atoms with E-state index < -0.39 is 12.0 Å². The number of carbonyl (C=O) groups excluding carboxylic acids is 1. The Kier molecular flexibility index (Phi) is 9.85. The molecule has 0 aliphatic heterocycles. The summed E-state index contributed by atoms with van der Waals surface area (Å²) in [6.07, 6.45) is 12.5.